The van der Waals surface area contributed by atoms with Gasteiger partial charge in [0.05, 0.1) is 0 Å². The molecule has 0 aromatic carbocycles. The number of ether oxygens (including phenoxy) is 1. The number of methoxy groups -OCH3 is 1. The van der Waals surface area contributed by atoms with E-state index in [9.17, 15) is 4.79 Å². The van der Waals surface area contributed by atoms with Crippen LogP contribution in [0.3, 0.4) is 0 Å². The van der Waals surface area contributed by atoms with Crippen LogP contribution >= 0.6 is 22.6 Å². The number of carbonyl (C=O) groups is 1. The van der Waals surface area contributed by atoms with E-state index in [1.54, 1.807) is 0 Å². The summed E-state index contributed by atoms with van der Waals surface area (Å²) in [6.07, 6.45) is 7.25. The number of hydrogen-bond acceptors (Lipinski definition) is 2. The van der Waals surface area contributed by atoms with Gasteiger partial charge in [0.1, 0.15) is 0 Å². The molecule has 0 N–H and O–H groups in total. The van der Waals surface area contributed by atoms with Crippen molar-refractivity contribution in [2.75, 3.05) is 7.11 Å². The molecule has 4 heteroatoms. The first-order valence-corrected chi connectivity index (χ1v) is 17.9. The molecule has 2 nitrogen and oxygen atoms in total. The second kappa shape index (κ2) is 6.96. The molecule has 108 valence electrons. The summed E-state index contributed by atoms with van der Waals surface area (Å²) in [5.74, 6) is -0.0121. The van der Waals surface area contributed by atoms with E-state index in [4.69, 9.17) is 4.74 Å². The van der Waals surface area contributed by atoms with E-state index in [0.29, 0.717) is 0 Å². The Kier molecular flexibility index (Phi) is 6.42. The number of rotatable bonds is 6. The van der Waals surface area contributed by atoms with Crippen LogP contribution in [0.25, 0.3) is 0 Å². The molecule has 0 fully saturated rings. The van der Waals surface area contributed by atoms with E-state index in [1.807, 2.05) is 0 Å². The van der Waals surface area contributed by atoms with Crippen LogP contribution in [-0.4, -0.2) is 31.5 Å². The molecule has 0 bridgehead atoms. The maximum atomic E-state index is 12.4. The van der Waals surface area contributed by atoms with Crippen molar-refractivity contribution in [2.24, 2.45) is 5.41 Å². The Labute approximate surface area is 135 Å². The van der Waals surface area contributed by atoms with Gasteiger partial charge in [0.15, 0.2) is 0 Å². The molecule has 0 saturated carbocycles. The van der Waals surface area contributed by atoms with Crippen LogP contribution in [0.4, 0.5) is 0 Å². The first-order chi connectivity index (χ1) is 8.74. The van der Waals surface area contributed by atoms with E-state index in [1.165, 1.54) is 14.3 Å². The topological polar surface area (TPSA) is 26.3 Å². The molecule has 1 aliphatic rings. The van der Waals surface area contributed by atoms with Crippen molar-refractivity contribution in [3.8, 4) is 0 Å². The monoisotopic (exact) mass is 484 g/mol. The molecular formula is C15H25IO2Sn. The molecule has 1 aliphatic carbocycles. The van der Waals surface area contributed by atoms with Crippen molar-refractivity contribution in [3.05, 3.63) is 19.8 Å². The fraction of sp³-hybridized carbons (Fsp3) is 0.667. The zero-order valence-corrected chi connectivity index (χ0v) is 17.5. The van der Waals surface area contributed by atoms with E-state index in [2.05, 4.69) is 50.1 Å². The average Bonchev–Trinajstić information content (AvgIpc) is 2.72. The average molecular weight is 483 g/mol. The summed E-state index contributed by atoms with van der Waals surface area (Å²) >= 11 is 0.0221. The van der Waals surface area contributed by atoms with Gasteiger partial charge in [-0.15, -0.1) is 0 Å². The van der Waals surface area contributed by atoms with E-state index in [-0.39, 0.29) is 11.4 Å². The Morgan fingerprint density at radius 1 is 1.53 bits per heavy atom. The molecule has 0 spiro atoms. The van der Waals surface area contributed by atoms with Gasteiger partial charge in [-0.25, -0.2) is 0 Å². The predicted molar refractivity (Wildman–Crippen MR) is 92.1 cm³/mol. The molecule has 19 heavy (non-hydrogen) atoms. The van der Waals surface area contributed by atoms with Gasteiger partial charge >= 0.3 is 136 Å². The number of halogens is 1. The van der Waals surface area contributed by atoms with Crippen molar-refractivity contribution >= 4 is 46.9 Å². The van der Waals surface area contributed by atoms with Gasteiger partial charge in [-0.3, -0.25) is 0 Å². The Morgan fingerprint density at radius 3 is 2.63 bits per heavy atom. The Balaban J connectivity index is 2.97. The first kappa shape index (κ1) is 17.5. The summed E-state index contributed by atoms with van der Waals surface area (Å²) in [5.41, 5.74) is -0.310. The van der Waals surface area contributed by atoms with Crippen LogP contribution < -0.4 is 0 Å². The number of esters is 1. The third-order valence-corrected chi connectivity index (χ3v) is 11.0. The van der Waals surface area contributed by atoms with Crippen molar-refractivity contribution in [3.63, 3.8) is 0 Å². The summed E-state index contributed by atoms with van der Waals surface area (Å²) in [6, 6.07) is 0. The normalized spacial score (nSPS) is 23.1. The van der Waals surface area contributed by atoms with Crippen LogP contribution in [0, 0.1) is 5.41 Å². The van der Waals surface area contributed by atoms with Crippen LogP contribution in [0.5, 0.6) is 0 Å². The molecule has 1 unspecified atom stereocenters. The quantitative estimate of drug-likeness (QED) is 0.307. The van der Waals surface area contributed by atoms with E-state index < -0.39 is 18.4 Å². The molecule has 0 heterocycles. The fourth-order valence-electron chi connectivity index (χ4n) is 3.17. The third kappa shape index (κ3) is 4.22. The Hall–Kier alpha value is 0.479. The molecule has 0 aromatic heterocycles. The molecule has 0 aliphatic heterocycles. The van der Waals surface area contributed by atoms with Gasteiger partial charge in [0.25, 0.3) is 0 Å². The molecule has 0 amide bonds. The van der Waals surface area contributed by atoms with Crippen LogP contribution in [0.15, 0.2) is 19.8 Å². The SMILES string of the molecule is C=C(I)CCCC1(C(=O)OC)CCC=[C]1[Sn]([CH3])([CH3])[CH3]. The predicted octanol–water partition coefficient (Wildman–Crippen LogP) is 4.86. The zero-order chi connectivity index (χ0) is 14.7. The Morgan fingerprint density at radius 2 is 2.16 bits per heavy atom. The zero-order valence-electron chi connectivity index (χ0n) is 12.5. The molecular weight excluding hydrogens is 458 g/mol. The van der Waals surface area contributed by atoms with Gasteiger partial charge < -0.3 is 0 Å². The minimum absolute atomic E-state index is 0.0121. The number of hydrogen-bond donors (Lipinski definition) is 0. The molecule has 0 radical (unpaired) electrons. The maximum absolute atomic E-state index is 12.4. The molecule has 1 atom stereocenters. The van der Waals surface area contributed by atoms with E-state index >= 15 is 0 Å². The summed E-state index contributed by atoms with van der Waals surface area (Å²) in [4.78, 5) is 19.6. The number of allylic oxidation sites excluding steroid dienone is 2. The van der Waals surface area contributed by atoms with Crippen LogP contribution in [-0.2, 0) is 9.53 Å². The van der Waals surface area contributed by atoms with Gasteiger partial charge in [0.2, 0.25) is 0 Å². The Bertz CT molecular complexity index is 395. The second-order valence-electron chi connectivity index (χ2n) is 6.35. The fourth-order valence-corrected chi connectivity index (χ4v) is 10.8. The van der Waals surface area contributed by atoms with Crippen molar-refractivity contribution in [2.45, 2.75) is 46.9 Å². The van der Waals surface area contributed by atoms with Gasteiger partial charge in [-0.05, 0) is 0 Å². The summed E-state index contributed by atoms with van der Waals surface area (Å²) in [6.45, 7) is 3.94. The summed E-state index contributed by atoms with van der Waals surface area (Å²) in [5, 5.41) is 0. The first-order valence-electron chi connectivity index (χ1n) is 6.87. The molecule has 0 aromatic rings. The van der Waals surface area contributed by atoms with Crippen LogP contribution in [0.1, 0.15) is 32.1 Å². The van der Waals surface area contributed by atoms with Crippen molar-refractivity contribution < 1.29 is 9.53 Å². The summed E-state index contributed by atoms with van der Waals surface area (Å²) in [7, 11) is 1.52. The number of carbonyl (C=O) groups excluding carboxylic acids is 1. The van der Waals surface area contributed by atoms with Crippen molar-refractivity contribution in [1.29, 1.82) is 0 Å². The standard InChI is InChI=1S/C12H16IO2.3CH3.Sn/c1-10(13)6-5-9-12(11(14)15-2)7-3-4-8-12;;;;/h3H,1,4-6,8-9H2,2H3;3*1H3;. The van der Waals surface area contributed by atoms with Crippen molar-refractivity contribution in [1.82, 2.24) is 0 Å². The molecule has 1 rings (SSSR count). The minimum atomic E-state index is -2.25. The van der Waals surface area contributed by atoms with Gasteiger partial charge in [-0.2, -0.15) is 0 Å². The third-order valence-electron chi connectivity index (χ3n) is 3.87. The van der Waals surface area contributed by atoms with Crippen LogP contribution in [0.2, 0.25) is 14.8 Å². The second-order valence-corrected chi connectivity index (χ2v) is 22.3. The van der Waals surface area contributed by atoms with E-state index in [0.717, 1.165) is 32.1 Å². The van der Waals surface area contributed by atoms with Gasteiger partial charge in [0, 0.05) is 0 Å². The van der Waals surface area contributed by atoms with Gasteiger partial charge in [-0.1, -0.05) is 0 Å². The molecule has 0 saturated heterocycles. The summed E-state index contributed by atoms with van der Waals surface area (Å²) < 4.78 is 7.78.